The van der Waals surface area contributed by atoms with Crippen LogP contribution in [-0.4, -0.2) is 50.5 Å². The lowest BCUT2D eigenvalue weighted by Crippen LogP contribution is -2.46. The van der Waals surface area contributed by atoms with Crippen LogP contribution in [0.2, 0.25) is 0 Å². The van der Waals surface area contributed by atoms with E-state index in [0.29, 0.717) is 12.6 Å². The zero-order valence-corrected chi connectivity index (χ0v) is 17.8. The molecule has 0 bridgehead atoms. The summed E-state index contributed by atoms with van der Waals surface area (Å²) >= 11 is 0. The highest BCUT2D eigenvalue weighted by atomic mass is 16.5. The quantitative estimate of drug-likeness (QED) is 0.368. The first-order valence-electron chi connectivity index (χ1n) is 10.5. The van der Waals surface area contributed by atoms with E-state index in [1.54, 1.807) is 0 Å². The number of nitrogens with zero attached hydrogens (tertiary/aromatic N) is 1. The molecule has 0 aromatic carbocycles. The summed E-state index contributed by atoms with van der Waals surface area (Å²) in [6.07, 6.45) is 5.32. The Morgan fingerprint density at radius 3 is 2.44 bits per heavy atom. The minimum absolute atomic E-state index is 0.161. The highest BCUT2D eigenvalue weighted by Gasteiger charge is 2.28. The zero-order valence-electron chi connectivity index (χ0n) is 17.8. The summed E-state index contributed by atoms with van der Waals surface area (Å²) in [5.74, 6) is 2.25. The Balaban J connectivity index is 2.22. The van der Waals surface area contributed by atoms with Gasteiger partial charge < -0.3 is 15.4 Å². The third-order valence-corrected chi connectivity index (χ3v) is 5.64. The van der Waals surface area contributed by atoms with Crippen LogP contribution < -0.4 is 11.1 Å². The smallest absolute Gasteiger partial charge is 0.0965 e. The Morgan fingerprint density at radius 1 is 1.20 bits per heavy atom. The average Bonchev–Trinajstić information content (AvgIpc) is 3.38. The molecule has 1 rings (SSSR count). The Bertz CT molecular complexity index is 339. The van der Waals surface area contributed by atoms with Crippen LogP contribution in [0.1, 0.15) is 67.2 Å². The van der Waals surface area contributed by atoms with Crippen molar-refractivity contribution in [1.82, 2.24) is 10.2 Å². The molecule has 4 nitrogen and oxygen atoms in total. The lowest BCUT2D eigenvalue weighted by molar-refractivity contribution is 0.0785. The lowest BCUT2D eigenvalue weighted by atomic mass is 9.80. The van der Waals surface area contributed by atoms with Crippen molar-refractivity contribution in [1.29, 1.82) is 0 Å². The SMILES string of the molecule is CCCCN(CCOCNCC(C)C1CC1)CC(C)[C@@H](N)C(C)(C)C. The van der Waals surface area contributed by atoms with Crippen molar-refractivity contribution >= 4 is 0 Å². The van der Waals surface area contributed by atoms with E-state index in [2.05, 4.69) is 51.8 Å². The van der Waals surface area contributed by atoms with Gasteiger partial charge in [0.1, 0.15) is 0 Å². The molecule has 2 unspecified atom stereocenters. The van der Waals surface area contributed by atoms with Gasteiger partial charge in [0, 0.05) is 25.7 Å². The van der Waals surface area contributed by atoms with Crippen LogP contribution in [0.25, 0.3) is 0 Å². The second-order valence-corrected chi connectivity index (χ2v) is 9.34. The standard InChI is InChI=1S/C21H45N3O/c1-7-8-11-24(15-18(3)20(22)21(4,5)6)12-13-25-16-23-14-17(2)19-9-10-19/h17-20,23H,7-16,22H2,1-6H3/t17?,18?,20-/m1/s1. The molecule has 0 heterocycles. The van der Waals surface area contributed by atoms with E-state index in [1.165, 1.54) is 25.7 Å². The van der Waals surface area contributed by atoms with E-state index in [0.717, 1.165) is 44.6 Å². The molecule has 1 aliphatic rings. The van der Waals surface area contributed by atoms with E-state index in [1.807, 2.05) is 0 Å². The summed E-state index contributed by atoms with van der Waals surface area (Å²) < 4.78 is 5.82. The van der Waals surface area contributed by atoms with Crippen LogP contribution in [0.5, 0.6) is 0 Å². The Morgan fingerprint density at radius 2 is 1.88 bits per heavy atom. The van der Waals surface area contributed by atoms with Crippen molar-refractivity contribution in [2.45, 2.75) is 73.3 Å². The third-order valence-electron chi connectivity index (χ3n) is 5.64. The predicted molar refractivity (Wildman–Crippen MR) is 109 cm³/mol. The highest BCUT2D eigenvalue weighted by Crippen LogP contribution is 2.36. The van der Waals surface area contributed by atoms with E-state index < -0.39 is 0 Å². The molecule has 0 radical (unpaired) electrons. The van der Waals surface area contributed by atoms with Crippen molar-refractivity contribution in [2.75, 3.05) is 39.5 Å². The molecule has 25 heavy (non-hydrogen) atoms. The minimum Gasteiger partial charge on any atom is -0.365 e. The van der Waals surface area contributed by atoms with Gasteiger partial charge in [-0.2, -0.15) is 0 Å². The number of hydrogen-bond donors (Lipinski definition) is 2. The van der Waals surface area contributed by atoms with Gasteiger partial charge in [-0.25, -0.2) is 0 Å². The van der Waals surface area contributed by atoms with Crippen molar-refractivity contribution in [3.63, 3.8) is 0 Å². The molecule has 0 aliphatic heterocycles. The van der Waals surface area contributed by atoms with Crippen molar-refractivity contribution in [3.05, 3.63) is 0 Å². The van der Waals surface area contributed by atoms with E-state index >= 15 is 0 Å². The molecule has 1 fully saturated rings. The van der Waals surface area contributed by atoms with Gasteiger partial charge >= 0.3 is 0 Å². The van der Waals surface area contributed by atoms with Crippen LogP contribution in [0, 0.1) is 23.2 Å². The molecule has 150 valence electrons. The van der Waals surface area contributed by atoms with Gasteiger partial charge in [0.2, 0.25) is 0 Å². The molecule has 1 aliphatic carbocycles. The van der Waals surface area contributed by atoms with Crippen LogP contribution in [0.15, 0.2) is 0 Å². The summed E-state index contributed by atoms with van der Waals surface area (Å²) in [7, 11) is 0. The molecule has 0 amide bonds. The fourth-order valence-electron chi connectivity index (χ4n) is 3.51. The Hall–Kier alpha value is -0.160. The number of nitrogens with one attached hydrogen (secondary N) is 1. The fourth-order valence-corrected chi connectivity index (χ4v) is 3.51. The van der Waals surface area contributed by atoms with E-state index in [9.17, 15) is 0 Å². The largest absolute Gasteiger partial charge is 0.365 e. The van der Waals surface area contributed by atoms with Crippen LogP contribution in [0.3, 0.4) is 0 Å². The van der Waals surface area contributed by atoms with E-state index in [4.69, 9.17) is 10.5 Å². The van der Waals surface area contributed by atoms with Gasteiger partial charge in [0.15, 0.2) is 0 Å². The maximum atomic E-state index is 6.46. The Kier molecular flexibility index (Phi) is 10.6. The molecule has 0 aromatic rings. The lowest BCUT2D eigenvalue weighted by Gasteiger charge is -2.35. The van der Waals surface area contributed by atoms with Gasteiger partial charge in [-0.15, -0.1) is 0 Å². The number of rotatable bonds is 14. The molecule has 1 saturated carbocycles. The minimum atomic E-state index is 0.161. The van der Waals surface area contributed by atoms with E-state index in [-0.39, 0.29) is 11.5 Å². The molecule has 0 aromatic heterocycles. The predicted octanol–water partition coefficient (Wildman–Crippen LogP) is 3.71. The molecular formula is C21H45N3O. The first kappa shape index (κ1) is 22.9. The average molecular weight is 356 g/mol. The van der Waals surface area contributed by atoms with Gasteiger partial charge in [-0.05, 0) is 49.0 Å². The maximum absolute atomic E-state index is 6.46. The molecule has 4 heteroatoms. The molecular weight excluding hydrogens is 310 g/mol. The topological polar surface area (TPSA) is 50.5 Å². The Labute approximate surface area is 157 Å². The normalized spacial score (nSPS) is 19.2. The third kappa shape index (κ3) is 9.93. The molecule has 0 saturated heterocycles. The second kappa shape index (κ2) is 11.5. The molecule has 3 atom stereocenters. The van der Waals surface area contributed by atoms with Gasteiger partial charge in [0.05, 0.1) is 13.3 Å². The summed E-state index contributed by atoms with van der Waals surface area (Å²) in [4.78, 5) is 2.53. The van der Waals surface area contributed by atoms with Gasteiger partial charge in [0.25, 0.3) is 0 Å². The number of ether oxygens (including phenoxy) is 1. The molecule has 0 spiro atoms. The van der Waals surface area contributed by atoms with Crippen LogP contribution in [-0.2, 0) is 4.74 Å². The number of nitrogens with two attached hydrogens (primary N) is 1. The van der Waals surface area contributed by atoms with Crippen molar-refractivity contribution in [2.24, 2.45) is 28.9 Å². The van der Waals surface area contributed by atoms with Gasteiger partial charge in [-0.3, -0.25) is 5.32 Å². The van der Waals surface area contributed by atoms with Gasteiger partial charge in [-0.1, -0.05) is 48.0 Å². The number of unbranched alkanes of at least 4 members (excludes halogenated alkanes) is 1. The zero-order chi connectivity index (χ0) is 18.9. The summed E-state index contributed by atoms with van der Waals surface area (Å²) in [5.41, 5.74) is 6.62. The van der Waals surface area contributed by atoms with Crippen molar-refractivity contribution < 1.29 is 4.74 Å². The highest BCUT2D eigenvalue weighted by molar-refractivity contribution is 4.83. The first-order chi connectivity index (χ1) is 11.8. The van der Waals surface area contributed by atoms with Crippen LogP contribution >= 0.6 is 0 Å². The monoisotopic (exact) mass is 355 g/mol. The summed E-state index contributed by atoms with van der Waals surface area (Å²) in [5, 5.41) is 3.44. The van der Waals surface area contributed by atoms with Crippen LogP contribution in [0.4, 0.5) is 0 Å². The maximum Gasteiger partial charge on any atom is 0.0965 e. The number of hydrogen-bond acceptors (Lipinski definition) is 4. The molecule has 3 N–H and O–H groups in total. The fraction of sp³-hybridized carbons (Fsp3) is 1.00. The second-order valence-electron chi connectivity index (χ2n) is 9.34. The summed E-state index contributed by atoms with van der Waals surface area (Å²) in [6, 6.07) is 0.225. The first-order valence-corrected chi connectivity index (χ1v) is 10.5. The summed E-state index contributed by atoms with van der Waals surface area (Å²) in [6.45, 7) is 19.4. The van der Waals surface area contributed by atoms with Crippen molar-refractivity contribution in [3.8, 4) is 0 Å².